The molecule has 3 heteroatoms. The highest BCUT2D eigenvalue weighted by Crippen LogP contribution is 2.28. The molecule has 0 aromatic rings. The topological polar surface area (TPSA) is 55.1 Å². The third-order valence-electron chi connectivity index (χ3n) is 3.91. The molecule has 3 nitrogen and oxygen atoms in total. The van der Waals surface area contributed by atoms with E-state index in [9.17, 15) is 4.79 Å². The fraction of sp³-hybridized carbons (Fsp3) is 0.929. The lowest BCUT2D eigenvalue weighted by molar-refractivity contribution is -0.121. The van der Waals surface area contributed by atoms with Crippen molar-refractivity contribution in [3.63, 3.8) is 0 Å². The third-order valence-corrected chi connectivity index (χ3v) is 3.91. The summed E-state index contributed by atoms with van der Waals surface area (Å²) in [6.45, 7) is 5.17. The molecule has 1 saturated carbocycles. The number of amides is 1. The maximum absolute atomic E-state index is 11.6. The van der Waals surface area contributed by atoms with Gasteiger partial charge in [-0.1, -0.05) is 26.2 Å². The number of hydrogen-bond acceptors (Lipinski definition) is 2. The highest BCUT2D eigenvalue weighted by molar-refractivity contribution is 5.75. The van der Waals surface area contributed by atoms with Gasteiger partial charge in [-0.05, 0) is 38.0 Å². The van der Waals surface area contributed by atoms with Crippen molar-refractivity contribution in [1.82, 2.24) is 5.32 Å². The number of nitrogens with two attached hydrogens (primary N) is 1. The zero-order valence-electron chi connectivity index (χ0n) is 11.4. The van der Waals surface area contributed by atoms with Crippen molar-refractivity contribution in [2.45, 2.75) is 64.8 Å². The van der Waals surface area contributed by atoms with Crippen LogP contribution in [0.2, 0.25) is 0 Å². The minimum atomic E-state index is 0.198. The summed E-state index contributed by atoms with van der Waals surface area (Å²) < 4.78 is 0. The Hall–Kier alpha value is -0.570. The molecule has 0 bridgehead atoms. The van der Waals surface area contributed by atoms with E-state index >= 15 is 0 Å². The average Bonchev–Trinajstić information content (AvgIpc) is 2.27. The summed E-state index contributed by atoms with van der Waals surface area (Å²) in [5.41, 5.74) is 5.66. The van der Waals surface area contributed by atoms with Gasteiger partial charge in [0.05, 0.1) is 0 Å². The molecule has 0 radical (unpaired) electrons. The van der Waals surface area contributed by atoms with E-state index < -0.39 is 0 Å². The molecule has 100 valence electrons. The average molecular weight is 240 g/mol. The molecular formula is C14H28N2O. The standard InChI is InChI=1S/C14H28N2O/c1-11-6-3-4-8-13(11)10-16-14(17)9-5-7-12(2)15/h11-13H,3-10,15H2,1-2H3,(H,16,17). The first-order chi connectivity index (χ1) is 8.09. The van der Waals surface area contributed by atoms with Crippen molar-refractivity contribution >= 4 is 5.91 Å². The first-order valence-corrected chi connectivity index (χ1v) is 7.12. The zero-order valence-corrected chi connectivity index (χ0v) is 11.4. The summed E-state index contributed by atoms with van der Waals surface area (Å²) in [5.74, 6) is 1.66. The molecule has 1 amide bonds. The molecule has 0 spiro atoms. The first-order valence-electron chi connectivity index (χ1n) is 7.12. The van der Waals surface area contributed by atoms with E-state index in [4.69, 9.17) is 5.73 Å². The van der Waals surface area contributed by atoms with Gasteiger partial charge in [0.2, 0.25) is 5.91 Å². The fourth-order valence-electron chi connectivity index (χ4n) is 2.61. The van der Waals surface area contributed by atoms with Crippen LogP contribution in [-0.4, -0.2) is 18.5 Å². The Kier molecular flexibility index (Phi) is 6.56. The number of carbonyl (C=O) groups excluding carboxylic acids is 1. The highest BCUT2D eigenvalue weighted by atomic mass is 16.1. The summed E-state index contributed by atoms with van der Waals surface area (Å²) in [6, 6.07) is 0.209. The lowest BCUT2D eigenvalue weighted by Gasteiger charge is -2.28. The molecule has 1 aliphatic carbocycles. The van der Waals surface area contributed by atoms with Crippen LogP contribution in [0.5, 0.6) is 0 Å². The monoisotopic (exact) mass is 240 g/mol. The first kappa shape index (κ1) is 14.5. The second kappa shape index (κ2) is 7.70. The largest absolute Gasteiger partial charge is 0.356 e. The molecule has 3 unspecified atom stereocenters. The quantitative estimate of drug-likeness (QED) is 0.749. The summed E-state index contributed by atoms with van der Waals surface area (Å²) >= 11 is 0. The third kappa shape index (κ3) is 6.06. The fourth-order valence-corrected chi connectivity index (χ4v) is 2.61. The molecule has 0 aromatic heterocycles. The lowest BCUT2D eigenvalue weighted by Crippen LogP contribution is -2.33. The lowest BCUT2D eigenvalue weighted by atomic mass is 9.80. The molecule has 0 aromatic carbocycles. The van der Waals surface area contributed by atoms with E-state index in [2.05, 4.69) is 12.2 Å². The summed E-state index contributed by atoms with van der Waals surface area (Å²) in [4.78, 5) is 11.6. The van der Waals surface area contributed by atoms with Gasteiger partial charge < -0.3 is 11.1 Å². The predicted octanol–water partition coefficient (Wildman–Crippen LogP) is 2.45. The smallest absolute Gasteiger partial charge is 0.220 e. The Bertz CT molecular complexity index is 228. The Morgan fingerprint density at radius 1 is 1.41 bits per heavy atom. The second-order valence-corrected chi connectivity index (χ2v) is 5.70. The SMILES string of the molecule is CC(N)CCCC(=O)NCC1CCCCC1C. The zero-order chi connectivity index (χ0) is 12.7. The minimum absolute atomic E-state index is 0.198. The van der Waals surface area contributed by atoms with Crippen LogP contribution in [0.1, 0.15) is 58.8 Å². The molecule has 1 aliphatic rings. The Labute approximate surface area is 106 Å². The molecule has 3 N–H and O–H groups in total. The van der Waals surface area contributed by atoms with Gasteiger partial charge in [0.1, 0.15) is 0 Å². The van der Waals surface area contributed by atoms with Crippen LogP contribution >= 0.6 is 0 Å². The van der Waals surface area contributed by atoms with Crippen LogP contribution in [0.15, 0.2) is 0 Å². The van der Waals surface area contributed by atoms with Crippen molar-refractivity contribution in [2.24, 2.45) is 17.6 Å². The Morgan fingerprint density at radius 3 is 2.76 bits per heavy atom. The minimum Gasteiger partial charge on any atom is -0.356 e. The van der Waals surface area contributed by atoms with Crippen molar-refractivity contribution in [2.75, 3.05) is 6.54 Å². The van der Waals surface area contributed by atoms with Crippen molar-refractivity contribution in [3.8, 4) is 0 Å². The maximum Gasteiger partial charge on any atom is 0.220 e. The normalized spacial score (nSPS) is 26.5. The van der Waals surface area contributed by atoms with Gasteiger partial charge >= 0.3 is 0 Å². The summed E-state index contributed by atoms with van der Waals surface area (Å²) in [7, 11) is 0. The summed E-state index contributed by atoms with van der Waals surface area (Å²) in [5, 5.41) is 3.08. The summed E-state index contributed by atoms with van der Waals surface area (Å²) in [6.07, 6.45) is 7.77. The van der Waals surface area contributed by atoms with Gasteiger partial charge in [-0.2, -0.15) is 0 Å². The molecular weight excluding hydrogens is 212 g/mol. The van der Waals surface area contributed by atoms with Gasteiger partial charge in [-0.3, -0.25) is 4.79 Å². The number of rotatable bonds is 6. The van der Waals surface area contributed by atoms with Gasteiger partial charge in [-0.15, -0.1) is 0 Å². The number of carbonyl (C=O) groups is 1. The van der Waals surface area contributed by atoms with Crippen LogP contribution in [0.25, 0.3) is 0 Å². The van der Waals surface area contributed by atoms with E-state index in [1.165, 1.54) is 25.7 Å². The Balaban J connectivity index is 2.10. The van der Waals surface area contributed by atoms with E-state index in [0.29, 0.717) is 12.3 Å². The van der Waals surface area contributed by atoms with E-state index in [0.717, 1.165) is 25.3 Å². The maximum atomic E-state index is 11.6. The van der Waals surface area contributed by atoms with Crippen LogP contribution in [0.4, 0.5) is 0 Å². The number of nitrogens with one attached hydrogen (secondary N) is 1. The van der Waals surface area contributed by atoms with Crippen molar-refractivity contribution in [1.29, 1.82) is 0 Å². The van der Waals surface area contributed by atoms with Gasteiger partial charge in [0.25, 0.3) is 0 Å². The van der Waals surface area contributed by atoms with E-state index in [1.807, 2.05) is 6.92 Å². The second-order valence-electron chi connectivity index (χ2n) is 5.70. The molecule has 1 rings (SSSR count). The molecule has 0 aliphatic heterocycles. The van der Waals surface area contributed by atoms with Crippen LogP contribution in [0, 0.1) is 11.8 Å². The van der Waals surface area contributed by atoms with Crippen molar-refractivity contribution < 1.29 is 4.79 Å². The van der Waals surface area contributed by atoms with Crippen LogP contribution in [-0.2, 0) is 4.79 Å². The highest BCUT2D eigenvalue weighted by Gasteiger charge is 2.21. The van der Waals surface area contributed by atoms with Gasteiger partial charge in [0, 0.05) is 19.0 Å². The van der Waals surface area contributed by atoms with Crippen molar-refractivity contribution in [3.05, 3.63) is 0 Å². The van der Waals surface area contributed by atoms with E-state index in [1.54, 1.807) is 0 Å². The molecule has 3 atom stereocenters. The predicted molar refractivity (Wildman–Crippen MR) is 71.6 cm³/mol. The molecule has 0 saturated heterocycles. The van der Waals surface area contributed by atoms with Crippen LogP contribution in [0.3, 0.4) is 0 Å². The molecule has 1 fully saturated rings. The number of hydrogen-bond donors (Lipinski definition) is 2. The molecule has 17 heavy (non-hydrogen) atoms. The van der Waals surface area contributed by atoms with Gasteiger partial charge in [-0.25, -0.2) is 0 Å². The van der Waals surface area contributed by atoms with Crippen LogP contribution < -0.4 is 11.1 Å². The van der Waals surface area contributed by atoms with E-state index in [-0.39, 0.29) is 11.9 Å². The van der Waals surface area contributed by atoms with Gasteiger partial charge in [0.15, 0.2) is 0 Å². The molecule has 0 heterocycles. The Morgan fingerprint density at radius 2 is 2.12 bits per heavy atom.